The number of hydrogen-bond acceptors (Lipinski definition) is 6. The van der Waals surface area contributed by atoms with E-state index in [1.807, 2.05) is 12.1 Å². The summed E-state index contributed by atoms with van der Waals surface area (Å²) >= 11 is 1.27. The van der Waals surface area contributed by atoms with Gasteiger partial charge in [0.05, 0.1) is 22.8 Å². The van der Waals surface area contributed by atoms with E-state index < -0.39 is 9.84 Å². The summed E-state index contributed by atoms with van der Waals surface area (Å²) in [5.41, 5.74) is 2.60. The molecule has 0 fully saturated rings. The van der Waals surface area contributed by atoms with Gasteiger partial charge in [-0.15, -0.1) is 11.8 Å². The highest BCUT2D eigenvalue weighted by Gasteiger charge is 2.17. The Bertz CT molecular complexity index is 1180. The number of aromatic nitrogens is 1. The number of carbonyl (C=O) groups excluding carboxylic acids is 1. The fourth-order valence-electron chi connectivity index (χ4n) is 3.30. The molecule has 6 nitrogen and oxygen atoms in total. The quantitative estimate of drug-likeness (QED) is 0.524. The second-order valence-corrected chi connectivity index (χ2v) is 10.3. The monoisotopic (exact) mass is 454 g/mol. The van der Waals surface area contributed by atoms with Crippen molar-refractivity contribution in [2.75, 3.05) is 18.1 Å². The molecule has 1 N–H and O–H groups in total. The summed E-state index contributed by atoms with van der Waals surface area (Å²) in [5, 5.41) is 3.45. The minimum atomic E-state index is -3.37. The zero-order valence-electron chi connectivity index (χ0n) is 16.8. The van der Waals surface area contributed by atoms with Crippen LogP contribution >= 0.6 is 11.8 Å². The Labute approximate surface area is 186 Å². The summed E-state index contributed by atoms with van der Waals surface area (Å²) < 4.78 is 30.4. The Morgan fingerprint density at radius 1 is 1.10 bits per heavy atom. The Balaban J connectivity index is 1.37. The largest absolute Gasteiger partial charge is 0.493 e. The summed E-state index contributed by atoms with van der Waals surface area (Å²) in [7, 11) is -3.37. The molecule has 0 saturated heterocycles. The molecule has 31 heavy (non-hydrogen) atoms. The van der Waals surface area contributed by atoms with Crippen LogP contribution in [0.25, 0.3) is 0 Å². The molecule has 0 radical (unpaired) electrons. The van der Waals surface area contributed by atoms with Gasteiger partial charge in [0.1, 0.15) is 10.8 Å². The van der Waals surface area contributed by atoms with Gasteiger partial charge in [-0.25, -0.2) is 13.4 Å². The van der Waals surface area contributed by atoms with Crippen molar-refractivity contribution in [3.63, 3.8) is 0 Å². The highest BCUT2D eigenvalue weighted by Crippen LogP contribution is 2.26. The van der Waals surface area contributed by atoms with E-state index in [1.54, 1.807) is 48.7 Å². The topological polar surface area (TPSA) is 85.4 Å². The van der Waals surface area contributed by atoms with Crippen LogP contribution in [0.4, 0.5) is 0 Å². The Kier molecular flexibility index (Phi) is 6.58. The molecule has 0 bridgehead atoms. The predicted octanol–water partition coefficient (Wildman–Crippen LogP) is 3.51. The number of ether oxygens (including phenoxy) is 1. The van der Waals surface area contributed by atoms with Gasteiger partial charge in [-0.2, -0.15) is 0 Å². The maximum Gasteiger partial charge on any atom is 0.254 e. The van der Waals surface area contributed by atoms with Gasteiger partial charge in [0.2, 0.25) is 0 Å². The molecule has 160 valence electrons. The number of fused-ring (bicyclic) bond motifs is 1. The zero-order valence-corrected chi connectivity index (χ0v) is 18.4. The van der Waals surface area contributed by atoms with Crippen molar-refractivity contribution in [3.05, 3.63) is 83.6 Å². The van der Waals surface area contributed by atoms with E-state index in [4.69, 9.17) is 4.74 Å². The first-order chi connectivity index (χ1) is 15.0. The van der Waals surface area contributed by atoms with Crippen molar-refractivity contribution in [1.82, 2.24) is 10.3 Å². The molecule has 1 aromatic heterocycles. The number of amides is 1. The van der Waals surface area contributed by atoms with Crippen molar-refractivity contribution in [2.24, 2.45) is 0 Å². The molecule has 3 aromatic rings. The fraction of sp³-hybridized carbons (Fsp3) is 0.217. The van der Waals surface area contributed by atoms with Crippen molar-refractivity contribution in [1.29, 1.82) is 0 Å². The number of sulfone groups is 1. The maximum absolute atomic E-state index is 12.7. The summed E-state index contributed by atoms with van der Waals surface area (Å²) in [4.78, 5) is 17.3. The lowest BCUT2D eigenvalue weighted by Crippen LogP contribution is -2.23. The van der Waals surface area contributed by atoms with Crippen LogP contribution in [-0.2, 0) is 22.8 Å². The molecule has 0 aliphatic carbocycles. The SMILES string of the molecule is O=C(NCc1ccc2c(c1)CCO2)c1cccnc1SCCS(=O)(=O)c1ccccc1. The average Bonchev–Trinajstić information content (AvgIpc) is 3.26. The van der Waals surface area contributed by atoms with E-state index >= 15 is 0 Å². The number of rotatable bonds is 8. The number of hydrogen-bond donors (Lipinski definition) is 1. The van der Waals surface area contributed by atoms with Crippen LogP contribution in [0.5, 0.6) is 5.75 Å². The van der Waals surface area contributed by atoms with E-state index in [-0.39, 0.29) is 11.7 Å². The highest BCUT2D eigenvalue weighted by molar-refractivity contribution is 8.00. The van der Waals surface area contributed by atoms with Gasteiger partial charge in [-0.3, -0.25) is 4.79 Å². The van der Waals surface area contributed by atoms with Crippen molar-refractivity contribution in [3.8, 4) is 5.75 Å². The molecule has 2 heterocycles. The molecule has 4 rings (SSSR count). The number of nitrogens with one attached hydrogen (secondary N) is 1. The number of thioether (sulfide) groups is 1. The van der Waals surface area contributed by atoms with Crippen molar-refractivity contribution >= 4 is 27.5 Å². The highest BCUT2D eigenvalue weighted by atomic mass is 32.2. The van der Waals surface area contributed by atoms with Crippen LogP contribution in [0.15, 0.2) is 76.8 Å². The van der Waals surface area contributed by atoms with E-state index in [0.717, 1.165) is 23.3 Å². The first kappa shape index (κ1) is 21.4. The Hall–Kier alpha value is -2.84. The number of carbonyl (C=O) groups is 1. The molecular formula is C23H22N2O4S2. The minimum absolute atomic E-state index is 0.0312. The average molecular weight is 455 g/mol. The maximum atomic E-state index is 12.7. The molecule has 0 unspecified atom stereocenters. The van der Waals surface area contributed by atoms with Gasteiger partial charge >= 0.3 is 0 Å². The molecule has 1 aliphatic rings. The third-order valence-corrected chi connectivity index (χ3v) is 7.91. The lowest BCUT2D eigenvalue weighted by atomic mass is 10.1. The van der Waals surface area contributed by atoms with Crippen molar-refractivity contribution in [2.45, 2.75) is 22.9 Å². The fourth-order valence-corrected chi connectivity index (χ4v) is 5.96. The van der Waals surface area contributed by atoms with Crippen molar-refractivity contribution < 1.29 is 17.9 Å². The summed E-state index contributed by atoms with van der Waals surface area (Å²) in [6, 6.07) is 17.7. The number of benzene rings is 2. The molecule has 0 atom stereocenters. The minimum Gasteiger partial charge on any atom is -0.493 e. The second kappa shape index (κ2) is 9.53. The van der Waals surface area contributed by atoms with Crippen LogP contribution in [-0.4, -0.2) is 37.4 Å². The molecular weight excluding hydrogens is 432 g/mol. The third kappa shape index (κ3) is 5.26. The first-order valence-electron chi connectivity index (χ1n) is 9.91. The van der Waals surface area contributed by atoms with Gasteiger partial charge in [-0.1, -0.05) is 30.3 Å². The number of pyridine rings is 1. The third-order valence-electron chi connectivity index (χ3n) is 4.92. The Morgan fingerprint density at radius 3 is 2.77 bits per heavy atom. The van der Waals surface area contributed by atoms with Gasteiger partial charge in [0.25, 0.3) is 5.91 Å². The van der Waals surface area contributed by atoms with E-state index in [1.165, 1.54) is 11.8 Å². The molecule has 2 aromatic carbocycles. The molecule has 8 heteroatoms. The zero-order chi connectivity index (χ0) is 21.7. The predicted molar refractivity (Wildman–Crippen MR) is 120 cm³/mol. The lowest BCUT2D eigenvalue weighted by molar-refractivity contribution is 0.0947. The summed E-state index contributed by atoms with van der Waals surface area (Å²) in [5.74, 6) is 0.945. The molecule has 0 saturated carbocycles. The van der Waals surface area contributed by atoms with Crippen LogP contribution in [0.1, 0.15) is 21.5 Å². The van der Waals surface area contributed by atoms with E-state index in [0.29, 0.717) is 34.4 Å². The normalized spacial score (nSPS) is 12.8. The molecule has 1 aliphatic heterocycles. The van der Waals surface area contributed by atoms with Crippen LogP contribution in [0, 0.1) is 0 Å². The van der Waals surface area contributed by atoms with Gasteiger partial charge in [-0.05, 0) is 41.5 Å². The Morgan fingerprint density at radius 2 is 1.94 bits per heavy atom. The summed E-state index contributed by atoms with van der Waals surface area (Å²) in [6.45, 7) is 1.09. The van der Waals surface area contributed by atoms with Gasteiger partial charge in [0.15, 0.2) is 9.84 Å². The van der Waals surface area contributed by atoms with Crippen LogP contribution < -0.4 is 10.1 Å². The second-order valence-electron chi connectivity index (χ2n) is 7.06. The van der Waals surface area contributed by atoms with Gasteiger partial charge < -0.3 is 10.1 Å². The van der Waals surface area contributed by atoms with Crippen LogP contribution in [0.3, 0.4) is 0 Å². The lowest BCUT2D eigenvalue weighted by Gasteiger charge is -2.10. The van der Waals surface area contributed by atoms with Crippen LogP contribution in [0.2, 0.25) is 0 Å². The first-order valence-corrected chi connectivity index (χ1v) is 12.6. The van der Waals surface area contributed by atoms with E-state index in [2.05, 4.69) is 16.4 Å². The number of nitrogens with zero attached hydrogens (tertiary/aromatic N) is 1. The molecule has 0 spiro atoms. The van der Waals surface area contributed by atoms with Gasteiger partial charge in [0, 0.05) is 24.9 Å². The summed E-state index contributed by atoms with van der Waals surface area (Å²) in [6.07, 6.45) is 2.48. The van der Waals surface area contributed by atoms with E-state index in [9.17, 15) is 13.2 Å². The standard InChI is InChI=1S/C23H22N2O4S2/c26-22(25-16-17-8-9-21-18(15-17)10-12-29-21)20-7-4-11-24-23(20)30-13-14-31(27,28)19-5-2-1-3-6-19/h1-9,11,15H,10,12-14,16H2,(H,25,26). The molecule has 1 amide bonds. The smallest absolute Gasteiger partial charge is 0.254 e.